The predicted molar refractivity (Wildman–Crippen MR) is 77.3 cm³/mol. The number of rotatable bonds is 1. The summed E-state index contributed by atoms with van der Waals surface area (Å²) in [5.41, 5.74) is 1.46. The van der Waals surface area contributed by atoms with Gasteiger partial charge in [0.1, 0.15) is 0 Å². The SMILES string of the molecule is CC(=O)[N+]1(c2ccccc2)C(=NN)Oc2ccccc21. The molecule has 0 spiro atoms. The molecule has 0 radical (unpaired) electrons. The minimum atomic E-state index is -0.229. The van der Waals surface area contributed by atoms with Crippen molar-refractivity contribution in [3.63, 3.8) is 0 Å². The molecule has 2 N–H and O–H groups in total. The summed E-state index contributed by atoms with van der Waals surface area (Å²) in [6, 6.07) is 16.9. The first-order chi connectivity index (χ1) is 9.71. The minimum Gasteiger partial charge on any atom is -0.389 e. The van der Waals surface area contributed by atoms with E-state index in [0.29, 0.717) is 5.75 Å². The van der Waals surface area contributed by atoms with Crippen molar-refractivity contribution in [2.24, 2.45) is 10.9 Å². The second kappa shape index (κ2) is 4.47. The normalized spacial score (nSPS) is 22.4. The number of fused-ring (bicyclic) bond motifs is 1. The van der Waals surface area contributed by atoms with Crippen molar-refractivity contribution in [3.8, 4) is 5.75 Å². The Morgan fingerprint density at radius 1 is 1.10 bits per heavy atom. The summed E-state index contributed by atoms with van der Waals surface area (Å²) in [5.74, 6) is 5.92. The monoisotopic (exact) mass is 268 g/mol. The number of quaternary nitrogens is 1. The number of carbonyl (C=O) groups excluding carboxylic acids is 1. The smallest absolute Gasteiger partial charge is 0.389 e. The Hall–Kier alpha value is -2.66. The largest absolute Gasteiger partial charge is 0.439 e. The molecule has 1 amide bonds. The van der Waals surface area contributed by atoms with Crippen LogP contribution >= 0.6 is 0 Å². The van der Waals surface area contributed by atoms with Gasteiger partial charge in [0.05, 0.1) is 6.92 Å². The van der Waals surface area contributed by atoms with E-state index in [0.717, 1.165) is 11.4 Å². The lowest BCUT2D eigenvalue weighted by Gasteiger charge is -2.25. The lowest BCUT2D eigenvalue weighted by molar-refractivity contribution is -0.122. The van der Waals surface area contributed by atoms with Gasteiger partial charge in [-0.25, -0.2) is 4.79 Å². The molecule has 0 fully saturated rings. The van der Waals surface area contributed by atoms with Crippen LogP contribution in [0.1, 0.15) is 6.92 Å². The highest BCUT2D eigenvalue weighted by molar-refractivity contribution is 6.17. The first-order valence-corrected chi connectivity index (χ1v) is 6.23. The Bertz CT molecular complexity index is 697. The molecule has 1 unspecified atom stereocenters. The van der Waals surface area contributed by atoms with Crippen LogP contribution in [-0.4, -0.2) is 11.9 Å². The number of para-hydroxylation sites is 3. The fourth-order valence-corrected chi connectivity index (χ4v) is 2.59. The summed E-state index contributed by atoms with van der Waals surface area (Å²) >= 11 is 0. The number of hydrogen-bond donors (Lipinski definition) is 1. The maximum absolute atomic E-state index is 12.5. The molecule has 100 valence electrons. The maximum atomic E-state index is 12.5. The Morgan fingerprint density at radius 2 is 1.75 bits per heavy atom. The first kappa shape index (κ1) is 12.4. The molecule has 1 atom stereocenters. The minimum absolute atomic E-state index is 0.134. The van der Waals surface area contributed by atoms with Gasteiger partial charge < -0.3 is 10.6 Å². The van der Waals surface area contributed by atoms with Crippen LogP contribution in [-0.2, 0) is 4.79 Å². The second-order valence-electron chi connectivity index (χ2n) is 4.51. The van der Waals surface area contributed by atoms with E-state index in [2.05, 4.69) is 5.10 Å². The van der Waals surface area contributed by atoms with Crippen molar-refractivity contribution in [1.82, 2.24) is 4.48 Å². The fourth-order valence-electron chi connectivity index (χ4n) is 2.59. The van der Waals surface area contributed by atoms with E-state index in [9.17, 15) is 4.79 Å². The lowest BCUT2D eigenvalue weighted by atomic mass is 10.2. The number of hydrogen-bond acceptors (Lipinski definition) is 4. The van der Waals surface area contributed by atoms with Crippen molar-refractivity contribution < 1.29 is 9.53 Å². The van der Waals surface area contributed by atoms with Crippen LogP contribution in [0.3, 0.4) is 0 Å². The van der Waals surface area contributed by atoms with Gasteiger partial charge in [0.15, 0.2) is 17.1 Å². The molecule has 0 aromatic heterocycles. The van der Waals surface area contributed by atoms with Crippen molar-refractivity contribution in [3.05, 3.63) is 54.6 Å². The molecule has 1 aliphatic rings. The Labute approximate surface area is 116 Å². The Morgan fingerprint density at radius 3 is 2.40 bits per heavy atom. The highest BCUT2D eigenvalue weighted by Gasteiger charge is 2.54. The number of amides is 1. The van der Waals surface area contributed by atoms with Crippen molar-refractivity contribution in [2.75, 3.05) is 0 Å². The van der Waals surface area contributed by atoms with E-state index < -0.39 is 0 Å². The van der Waals surface area contributed by atoms with Gasteiger partial charge in [0, 0.05) is 18.2 Å². The van der Waals surface area contributed by atoms with Crippen LogP contribution in [0.25, 0.3) is 0 Å². The Balaban J connectivity index is 2.37. The highest BCUT2D eigenvalue weighted by atomic mass is 16.5. The third-order valence-electron chi connectivity index (χ3n) is 3.44. The van der Waals surface area contributed by atoms with Crippen molar-refractivity contribution >= 4 is 23.3 Å². The number of nitrogens with two attached hydrogens (primary N) is 1. The van der Waals surface area contributed by atoms with E-state index in [-0.39, 0.29) is 16.4 Å². The van der Waals surface area contributed by atoms with E-state index in [4.69, 9.17) is 10.6 Å². The third kappa shape index (κ3) is 1.47. The number of nitrogens with zero attached hydrogens (tertiary/aromatic N) is 2. The van der Waals surface area contributed by atoms with Crippen LogP contribution < -0.4 is 15.1 Å². The van der Waals surface area contributed by atoms with Gasteiger partial charge >= 0.3 is 11.9 Å². The van der Waals surface area contributed by atoms with E-state index in [1.807, 2.05) is 48.5 Å². The van der Waals surface area contributed by atoms with Crippen LogP contribution in [0.2, 0.25) is 0 Å². The summed E-state index contributed by atoms with van der Waals surface area (Å²) in [6.45, 7) is 1.50. The van der Waals surface area contributed by atoms with Gasteiger partial charge in [-0.3, -0.25) is 0 Å². The summed E-state index contributed by atoms with van der Waals surface area (Å²) in [6.07, 6.45) is 0. The van der Waals surface area contributed by atoms with Crippen molar-refractivity contribution in [2.45, 2.75) is 6.92 Å². The molecule has 0 saturated heterocycles. The molecule has 0 bridgehead atoms. The lowest BCUT2D eigenvalue weighted by Crippen LogP contribution is -2.52. The second-order valence-corrected chi connectivity index (χ2v) is 4.51. The zero-order valence-electron chi connectivity index (χ0n) is 11.0. The maximum Gasteiger partial charge on any atom is 0.439 e. The summed E-state index contributed by atoms with van der Waals surface area (Å²) in [4.78, 5) is 12.5. The van der Waals surface area contributed by atoms with Gasteiger partial charge in [-0.1, -0.05) is 35.4 Å². The molecular weight excluding hydrogens is 254 g/mol. The van der Waals surface area contributed by atoms with Crippen LogP contribution in [0, 0.1) is 0 Å². The third-order valence-corrected chi connectivity index (χ3v) is 3.44. The molecule has 0 saturated carbocycles. The average Bonchev–Trinajstić information content (AvgIpc) is 2.83. The summed E-state index contributed by atoms with van der Waals surface area (Å²) < 4.78 is 5.44. The predicted octanol–water partition coefficient (Wildman–Crippen LogP) is 2.49. The molecule has 1 heterocycles. The van der Waals surface area contributed by atoms with Crippen LogP contribution in [0.5, 0.6) is 5.75 Å². The summed E-state index contributed by atoms with van der Waals surface area (Å²) in [5, 5.41) is 3.70. The molecule has 3 rings (SSSR count). The van der Waals surface area contributed by atoms with E-state index in [1.165, 1.54) is 6.92 Å². The molecule has 20 heavy (non-hydrogen) atoms. The number of carbonyl (C=O) groups is 1. The van der Waals surface area contributed by atoms with Gasteiger partial charge in [-0.05, 0) is 6.07 Å². The van der Waals surface area contributed by atoms with E-state index >= 15 is 0 Å². The van der Waals surface area contributed by atoms with Crippen LogP contribution in [0.15, 0.2) is 59.7 Å². The van der Waals surface area contributed by atoms with Crippen LogP contribution in [0.4, 0.5) is 11.4 Å². The first-order valence-electron chi connectivity index (χ1n) is 6.23. The molecule has 5 heteroatoms. The quantitative estimate of drug-likeness (QED) is 0.491. The topological polar surface area (TPSA) is 64.7 Å². The van der Waals surface area contributed by atoms with Gasteiger partial charge in [-0.2, -0.15) is 0 Å². The molecule has 5 nitrogen and oxygen atoms in total. The molecule has 2 aromatic carbocycles. The Kier molecular flexibility index (Phi) is 2.76. The van der Waals surface area contributed by atoms with E-state index in [1.54, 1.807) is 6.07 Å². The average molecular weight is 268 g/mol. The number of ether oxygens (including phenoxy) is 1. The fraction of sp³-hybridized carbons (Fsp3) is 0.0667. The molecule has 2 aromatic rings. The highest BCUT2D eigenvalue weighted by Crippen LogP contribution is 2.46. The molecule has 1 aliphatic heterocycles. The van der Waals surface area contributed by atoms with Crippen molar-refractivity contribution in [1.29, 1.82) is 0 Å². The molecular formula is C15H14N3O2+. The number of hydrazone groups is 1. The standard InChI is InChI=1S/C15H14N3O2/c1-11(19)18(12-7-3-2-4-8-12)13-9-5-6-10-14(13)20-15(18)17-16/h2-10H,16H2,1H3/q+1. The number of amidine groups is 1. The summed E-state index contributed by atoms with van der Waals surface area (Å²) in [7, 11) is 0. The van der Waals surface area contributed by atoms with Gasteiger partial charge in [-0.15, -0.1) is 4.48 Å². The zero-order chi connectivity index (χ0) is 14.2. The zero-order valence-corrected chi connectivity index (χ0v) is 11.0. The number of benzene rings is 2. The van der Waals surface area contributed by atoms with Gasteiger partial charge in [0.25, 0.3) is 0 Å². The molecule has 0 aliphatic carbocycles. The van der Waals surface area contributed by atoms with Gasteiger partial charge in [0.2, 0.25) is 0 Å².